The maximum absolute atomic E-state index is 6.11. The van der Waals surface area contributed by atoms with E-state index in [1.807, 2.05) is 17.7 Å². The van der Waals surface area contributed by atoms with Crippen LogP contribution < -0.4 is 10.6 Å². The van der Waals surface area contributed by atoms with Gasteiger partial charge in [0.1, 0.15) is 5.15 Å². The maximum atomic E-state index is 6.11. The monoisotopic (exact) mass is 373 g/mol. The number of halogens is 2. The van der Waals surface area contributed by atoms with Gasteiger partial charge < -0.3 is 20.1 Å². The molecule has 0 amide bonds. The molecule has 0 aliphatic carbocycles. The van der Waals surface area contributed by atoms with Crippen LogP contribution >= 0.6 is 23.2 Å². The second kappa shape index (κ2) is 9.54. The Hall–Kier alpha value is -0.910. The van der Waals surface area contributed by atoms with Crippen molar-refractivity contribution in [2.24, 2.45) is 18.0 Å². The van der Waals surface area contributed by atoms with Crippen LogP contribution in [0.1, 0.15) is 32.4 Å². The highest BCUT2D eigenvalue weighted by molar-refractivity contribution is 6.41. The largest absolute Gasteiger partial charge is 0.357 e. The van der Waals surface area contributed by atoms with Crippen LogP contribution in [0.5, 0.6) is 0 Å². The van der Waals surface area contributed by atoms with Crippen LogP contribution in [0.3, 0.4) is 0 Å². The summed E-state index contributed by atoms with van der Waals surface area (Å²) in [5, 5.41) is 7.92. The first kappa shape index (κ1) is 19.4. The fraction of sp³-hybridized carbons (Fsp3) is 0.706. The summed E-state index contributed by atoms with van der Waals surface area (Å²) in [6.45, 7) is 10.2. The molecule has 1 aromatic rings. The molecule has 2 N–H and O–H groups in total. The summed E-state index contributed by atoms with van der Waals surface area (Å²) >= 11 is 12.2. The van der Waals surface area contributed by atoms with E-state index >= 15 is 0 Å². The molecule has 1 aliphatic heterocycles. The van der Waals surface area contributed by atoms with Crippen molar-refractivity contribution in [3.8, 4) is 0 Å². The zero-order chi connectivity index (χ0) is 17.5. The highest BCUT2D eigenvalue weighted by Gasteiger charge is 2.18. The van der Waals surface area contributed by atoms with Crippen LogP contribution in [0.15, 0.2) is 11.1 Å². The molecular formula is C17H29Cl2N5. The van der Waals surface area contributed by atoms with Gasteiger partial charge in [0.05, 0.1) is 11.6 Å². The van der Waals surface area contributed by atoms with Gasteiger partial charge in [-0.05, 0) is 44.8 Å². The van der Waals surface area contributed by atoms with Crippen LogP contribution in [0.2, 0.25) is 10.2 Å². The normalized spacial score (nSPS) is 19.5. The van der Waals surface area contributed by atoms with Gasteiger partial charge in [0, 0.05) is 32.4 Å². The number of hydrogen-bond donors (Lipinski definition) is 2. The molecule has 0 saturated carbocycles. The molecule has 24 heavy (non-hydrogen) atoms. The van der Waals surface area contributed by atoms with Gasteiger partial charge in [0.2, 0.25) is 0 Å². The van der Waals surface area contributed by atoms with Crippen LogP contribution in [0, 0.1) is 5.92 Å². The number of aromatic nitrogens is 1. The van der Waals surface area contributed by atoms with Crippen molar-refractivity contribution in [1.29, 1.82) is 0 Å². The molecule has 1 fully saturated rings. The first-order valence-electron chi connectivity index (χ1n) is 8.79. The SMILES string of the molecule is CCNC(=NCc1cc(Cl)c(Cl)n1C)NCC1CCCN(CC)C1. The van der Waals surface area contributed by atoms with E-state index in [2.05, 4.69) is 34.4 Å². The Labute approximate surface area is 155 Å². The Bertz CT molecular complexity index is 555. The van der Waals surface area contributed by atoms with Crippen LogP contribution in [-0.4, -0.2) is 48.2 Å². The molecule has 0 aromatic carbocycles. The molecule has 2 heterocycles. The Morgan fingerprint density at radius 1 is 1.33 bits per heavy atom. The van der Waals surface area contributed by atoms with Gasteiger partial charge in [0.25, 0.3) is 0 Å². The summed E-state index contributed by atoms with van der Waals surface area (Å²) < 4.78 is 1.87. The first-order chi connectivity index (χ1) is 11.5. The van der Waals surface area contributed by atoms with Crippen molar-refractivity contribution >= 4 is 29.2 Å². The van der Waals surface area contributed by atoms with E-state index in [1.54, 1.807) is 0 Å². The van der Waals surface area contributed by atoms with Gasteiger partial charge in [0.15, 0.2) is 5.96 Å². The van der Waals surface area contributed by atoms with Gasteiger partial charge in [-0.25, -0.2) is 4.99 Å². The molecule has 0 radical (unpaired) electrons. The minimum Gasteiger partial charge on any atom is -0.357 e. The molecule has 7 heteroatoms. The molecule has 1 aromatic heterocycles. The van der Waals surface area contributed by atoms with E-state index in [4.69, 9.17) is 23.2 Å². The third-order valence-electron chi connectivity index (χ3n) is 4.57. The minimum atomic E-state index is 0.546. The number of rotatable bonds is 6. The molecular weight excluding hydrogens is 345 g/mol. The lowest BCUT2D eigenvalue weighted by Crippen LogP contribution is -2.44. The van der Waals surface area contributed by atoms with E-state index in [0.29, 0.717) is 22.6 Å². The van der Waals surface area contributed by atoms with Gasteiger partial charge in [-0.1, -0.05) is 30.1 Å². The molecule has 1 saturated heterocycles. The van der Waals surface area contributed by atoms with Gasteiger partial charge in [-0.3, -0.25) is 0 Å². The Kier molecular flexibility index (Phi) is 7.72. The summed E-state index contributed by atoms with van der Waals surface area (Å²) in [5.41, 5.74) is 0.997. The van der Waals surface area contributed by atoms with Crippen molar-refractivity contribution in [1.82, 2.24) is 20.1 Å². The average molecular weight is 374 g/mol. The van der Waals surface area contributed by atoms with Crippen molar-refractivity contribution in [3.63, 3.8) is 0 Å². The lowest BCUT2D eigenvalue weighted by atomic mass is 9.98. The Morgan fingerprint density at radius 3 is 2.75 bits per heavy atom. The summed E-state index contributed by atoms with van der Waals surface area (Å²) in [4.78, 5) is 7.19. The second-order valence-corrected chi connectivity index (χ2v) is 7.08. The molecule has 136 valence electrons. The third kappa shape index (κ3) is 5.30. The van der Waals surface area contributed by atoms with E-state index in [-0.39, 0.29) is 0 Å². The van der Waals surface area contributed by atoms with Crippen LogP contribution in [0.25, 0.3) is 0 Å². The fourth-order valence-corrected chi connectivity index (χ4v) is 3.50. The summed E-state index contributed by atoms with van der Waals surface area (Å²) in [5.74, 6) is 1.53. The zero-order valence-corrected chi connectivity index (χ0v) is 16.4. The predicted octanol–water partition coefficient (Wildman–Crippen LogP) is 3.12. The smallest absolute Gasteiger partial charge is 0.191 e. The number of aliphatic imine (C=N–C) groups is 1. The lowest BCUT2D eigenvalue weighted by molar-refractivity contribution is 0.183. The topological polar surface area (TPSA) is 44.6 Å². The van der Waals surface area contributed by atoms with E-state index in [9.17, 15) is 0 Å². The van der Waals surface area contributed by atoms with Gasteiger partial charge in [-0.15, -0.1) is 0 Å². The van der Waals surface area contributed by atoms with Crippen molar-refractivity contribution in [2.75, 3.05) is 32.7 Å². The van der Waals surface area contributed by atoms with Crippen LogP contribution in [-0.2, 0) is 13.6 Å². The van der Waals surface area contributed by atoms with Crippen molar-refractivity contribution < 1.29 is 0 Å². The second-order valence-electron chi connectivity index (χ2n) is 6.31. The van der Waals surface area contributed by atoms with Gasteiger partial charge in [-0.2, -0.15) is 0 Å². The number of nitrogens with one attached hydrogen (secondary N) is 2. The molecule has 1 atom stereocenters. The third-order valence-corrected chi connectivity index (χ3v) is 5.41. The van der Waals surface area contributed by atoms with E-state index < -0.39 is 0 Å². The summed E-state index contributed by atoms with van der Waals surface area (Å²) in [6, 6.07) is 1.87. The number of guanidine groups is 1. The summed E-state index contributed by atoms with van der Waals surface area (Å²) in [7, 11) is 1.90. The number of nitrogens with zero attached hydrogens (tertiary/aromatic N) is 3. The maximum Gasteiger partial charge on any atom is 0.191 e. The van der Waals surface area contributed by atoms with Crippen LogP contribution in [0.4, 0.5) is 0 Å². The Balaban J connectivity index is 1.91. The molecule has 1 unspecified atom stereocenters. The number of piperidine rings is 1. The van der Waals surface area contributed by atoms with Crippen molar-refractivity contribution in [2.45, 2.75) is 33.2 Å². The predicted molar refractivity (Wildman–Crippen MR) is 103 cm³/mol. The number of likely N-dealkylation sites (tertiary alicyclic amines) is 1. The standard InChI is InChI=1S/C17H29Cl2N5/c1-4-20-17(21-10-13-7-6-8-24(5-2)12-13)22-11-14-9-15(18)16(19)23(14)3/h9,13H,4-8,10-12H2,1-3H3,(H2,20,21,22). The average Bonchev–Trinajstić information content (AvgIpc) is 2.84. The Morgan fingerprint density at radius 2 is 2.12 bits per heavy atom. The molecule has 5 nitrogen and oxygen atoms in total. The molecule has 0 spiro atoms. The molecule has 0 bridgehead atoms. The number of hydrogen-bond acceptors (Lipinski definition) is 2. The van der Waals surface area contributed by atoms with E-state index in [1.165, 1.54) is 25.9 Å². The first-order valence-corrected chi connectivity index (χ1v) is 9.54. The minimum absolute atomic E-state index is 0.546. The highest BCUT2D eigenvalue weighted by Crippen LogP contribution is 2.25. The summed E-state index contributed by atoms with van der Waals surface area (Å²) in [6.07, 6.45) is 2.57. The molecule has 2 rings (SSSR count). The van der Waals surface area contributed by atoms with E-state index in [0.717, 1.165) is 31.3 Å². The highest BCUT2D eigenvalue weighted by atomic mass is 35.5. The van der Waals surface area contributed by atoms with Gasteiger partial charge >= 0.3 is 0 Å². The fourth-order valence-electron chi connectivity index (χ4n) is 3.09. The lowest BCUT2D eigenvalue weighted by Gasteiger charge is -2.32. The van der Waals surface area contributed by atoms with Crippen molar-refractivity contribution in [3.05, 3.63) is 21.9 Å². The zero-order valence-electron chi connectivity index (χ0n) is 14.9. The quantitative estimate of drug-likeness (QED) is 0.594. The molecule has 1 aliphatic rings.